The van der Waals surface area contributed by atoms with Gasteiger partial charge in [0.1, 0.15) is 0 Å². The van der Waals surface area contributed by atoms with Crippen molar-refractivity contribution in [2.45, 2.75) is 6.42 Å². The second-order valence-corrected chi connectivity index (χ2v) is 2.09. The molecule has 0 spiro atoms. The molecule has 0 heterocycles. The maximum Gasteiger partial charge on any atom is 0.277 e. The quantitative estimate of drug-likeness (QED) is 0.475. The Morgan fingerprint density at radius 3 is 3.00 bits per heavy atom. The minimum absolute atomic E-state index is 0.00569. The number of rotatable bonds is 2. The van der Waals surface area contributed by atoms with E-state index in [1.165, 1.54) is 6.07 Å². The predicted octanol–water partition coefficient (Wildman–Crippen LogP) is 1.77. The van der Waals surface area contributed by atoms with Gasteiger partial charge in [0.05, 0.1) is 11.0 Å². The summed E-state index contributed by atoms with van der Waals surface area (Å²) < 4.78 is 0. The third-order valence-corrected chi connectivity index (χ3v) is 1.34. The average molecular weight is 149 g/mol. The lowest BCUT2D eigenvalue weighted by atomic mass is 10.1. The largest absolute Gasteiger partial charge is 0.277 e. The summed E-state index contributed by atoms with van der Waals surface area (Å²) in [7, 11) is 0. The van der Waals surface area contributed by atoms with E-state index in [0.29, 0.717) is 6.42 Å². The van der Waals surface area contributed by atoms with Gasteiger partial charge < -0.3 is 0 Å². The van der Waals surface area contributed by atoms with E-state index >= 15 is 0 Å². The first-order valence-electron chi connectivity index (χ1n) is 3.18. The number of hydrogen-bond donors (Lipinski definition) is 0. The van der Waals surface area contributed by atoms with Crippen LogP contribution in [0.15, 0.2) is 18.2 Å². The molecule has 0 saturated carbocycles. The molecular formula is C8H7NO2. The maximum atomic E-state index is 10.2. The summed E-state index contributed by atoms with van der Waals surface area (Å²) in [6, 6.07) is 7.30. The molecule has 0 fully saturated rings. The highest BCUT2D eigenvalue weighted by Crippen LogP contribution is 2.11. The standard InChI is InChI=1S/C8H7NO2/c1-2-7-4-3-5-8(6-7)9(10)11/h3-4,6H,1-2H2. The molecule has 0 N–H and O–H groups in total. The molecule has 56 valence electrons. The fourth-order valence-electron chi connectivity index (χ4n) is 0.760. The van der Waals surface area contributed by atoms with Gasteiger partial charge in [0.2, 0.25) is 0 Å². The maximum absolute atomic E-state index is 10.2. The Labute approximate surface area is 64.8 Å². The molecule has 0 aliphatic heterocycles. The number of nitro groups is 1. The summed E-state index contributed by atoms with van der Waals surface area (Å²) in [6.45, 7) is 3.62. The van der Waals surface area contributed by atoms with Crippen molar-refractivity contribution in [1.82, 2.24) is 0 Å². The smallest absolute Gasteiger partial charge is 0.258 e. The molecule has 0 aliphatic carbocycles. The lowest BCUT2D eigenvalue weighted by Crippen LogP contribution is -1.89. The van der Waals surface area contributed by atoms with Crippen LogP contribution >= 0.6 is 0 Å². The van der Waals surface area contributed by atoms with Gasteiger partial charge in [0.25, 0.3) is 5.69 Å². The first-order chi connectivity index (χ1) is 5.24. The number of hydrogen-bond acceptors (Lipinski definition) is 2. The molecule has 1 rings (SSSR count). The summed E-state index contributed by atoms with van der Waals surface area (Å²) in [5.41, 5.74) is 0.863. The van der Waals surface area contributed by atoms with Gasteiger partial charge >= 0.3 is 0 Å². The van der Waals surface area contributed by atoms with Gasteiger partial charge in [-0.3, -0.25) is 10.1 Å². The van der Waals surface area contributed by atoms with Crippen LogP contribution in [0.5, 0.6) is 0 Å². The van der Waals surface area contributed by atoms with Crippen molar-refractivity contribution in [3.8, 4) is 0 Å². The second-order valence-electron chi connectivity index (χ2n) is 2.09. The van der Waals surface area contributed by atoms with Gasteiger partial charge in [0.15, 0.2) is 0 Å². The van der Waals surface area contributed by atoms with Gasteiger partial charge in [-0.1, -0.05) is 6.07 Å². The van der Waals surface area contributed by atoms with Crippen LogP contribution in [0.2, 0.25) is 0 Å². The fourth-order valence-corrected chi connectivity index (χ4v) is 0.760. The summed E-state index contributed by atoms with van der Waals surface area (Å²) >= 11 is 0. The van der Waals surface area contributed by atoms with Gasteiger partial charge in [0, 0.05) is 6.07 Å². The summed E-state index contributed by atoms with van der Waals surface area (Å²) in [6.07, 6.45) is 0.565. The first kappa shape index (κ1) is 7.72. The zero-order valence-electron chi connectivity index (χ0n) is 5.91. The molecule has 3 heteroatoms. The number of non-ortho nitro benzene ring substituents is 1. The molecule has 0 saturated heterocycles. The number of nitro benzene ring substituents is 1. The topological polar surface area (TPSA) is 43.1 Å². The van der Waals surface area contributed by atoms with Gasteiger partial charge in [-0.25, -0.2) is 0 Å². The molecule has 0 bridgehead atoms. The third kappa shape index (κ3) is 1.77. The molecule has 3 nitrogen and oxygen atoms in total. The minimum Gasteiger partial charge on any atom is -0.258 e. The van der Waals surface area contributed by atoms with E-state index in [2.05, 4.69) is 13.0 Å². The van der Waals surface area contributed by atoms with Gasteiger partial charge in [-0.15, -0.1) is 0 Å². The third-order valence-electron chi connectivity index (χ3n) is 1.34. The van der Waals surface area contributed by atoms with Crippen LogP contribution in [0.25, 0.3) is 0 Å². The van der Waals surface area contributed by atoms with E-state index in [-0.39, 0.29) is 5.69 Å². The molecule has 0 atom stereocenters. The van der Waals surface area contributed by atoms with Gasteiger partial charge in [-0.2, -0.15) is 0 Å². The van der Waals surface area contributed by atoms with Crippen molar-refractivity contribution >= 4 is 5.69 Å². The monoisotopic (exact) mass is 149 g/mol. The van der Waals surface area contributed by atoms with E-state index in [9.17, 15) is 10.1 Å². The van der Waals surface area contributed by atoms with Crippen LogP contribution < -0.4 is 0 Å². The van der Waals surface area contributed by atoms with Crippen LogP contribution in [0.3, 0.4) is 0 Å². The molecule has 0 amide bonds. The van der Waals surface area contributed by atoms with Crippen molar-refractivity contribution in [3.05, 3.63) is 46.9 Å². The Morgan fingerprint density at radius 1 is 1.73 bits per heavy atom. The first-order valence-corrected chi connectivity index (χ1v) is 3.18. The van der Waals surface area contributed by atoms with Crippen LogP contribution in [0.4, 0.5) is 5.69 Å². The Hall–Kier alpha value is -1.38. The summed E-state index contributed by atoms with van der Waals surface area (Å²) in [5.74, 6) is 0. The highest BCUT2D eigenvalue weighted by Gasteiger charge is 2.03. The Morgan fingerprint density at radius 2 is 2.45 bits per heavy atom. The molecule has 11 heavy (non-hydrogen) atoms. The molecule has 2 radical (unpaired) electrons. The average Bonchev–Trinajstić information content (AvgIpc) is 2.05. The Bertz CT molecular complexity index is 271. The lowest BCUT2D eigenvalue weighted by molar-refractivity contribution is -0.385. The van der Waals surface area contributed by atoms with E-state index in [1.807, 2.05) is 0 Å². The molecule has 0 unspecified atom stereocenters. The second kappa shape index (κ2) is 3.14. The highest BCUT2D eigenvalue weighted by molar-refractivity contribution is 5.33. The molecule has 1 aromatic rings. The number of nitrogens with zero attached hydrogens (tertiary/aromatic N) is 1. The molecule has 0 aromatic heterocycles. The van der Waals surface area contributed by atoms with Crippen LogP contribution in [-0.4, -0.2) is 4.92 Å². The van der Waals surface area contributed by atoms with E-state index in [4.69, 9.17) is 0 Å². The SMILES string of the molecule is [CH2]Cc1cc[c]c([N+](=O)[O-])c1. The van der Waals surface area contributed by atoms with Gasteiger partial charge in [-0.05, 0) is 25.0 Å². The highest BCUT2D eigenvalue weighted by atomic mass is 16.6. The molecule has 1 aromatic carbocycles. The van der Waals surface area contributed by atoms with Crippen LogP contribution in [-0.2, 0) is 6.42 Å². The zero-order valence-corrected chi connectivity index (χ0v) is 5.91. The fraction of sp³-hybridized carbons (Fsp3) is 0.125. The Balaban J connectivity index is 3.01. The molecule has 0 aliphatic rings. The van der Waals surface area contributed by atoms with E-state index in [1.54, 1.807) is 12.1 Å². The zero-order chi connectivity index (χ0) is 8.27. The van der Waals surface area contributed by atoms with Crippen LogP contribution in [0, 0.1) is 23.1 Å². The number of benzene rings is 1. The normalized spacial score (nSPS) is 9.55. The van der Waals surface area contributed by atoms with E-state index < -0.39 is 4.92 Å². The molecular weight excluding hydrogens is 142 g/mol. The predicted molar refractivity (Wildman–Crippen MR) is 41.0 cm³/mol. The summed E-state index contributed by atoms with van der Waals surface area (Å²) in [4.78, 5) is 9.76. The van der Waals surface area contributed by atoms with Crippen molar-refractivity contribution in [2.24, 2.45) is 0 Å². The minimum atomic E-state index is -0.459. The van der Waals surface area contributed by atoms with Crippen molar-refractivity contribution < 1.29 is 4.92 Å². The van der Waals surface area contributed by atoms with Crippen molar-refractivity contribution in [1.29, 1.82) is 0 Å². The van der Waals surface area contributed by atoms with Crippen molar-refractivity contribution in [3.63, 3.8) is 0 Å². The van der Waals surface area contributed by atoms with Crippen molar-refractivity contribution in [2.75, 3.05) is 0 Å². The van der Waals surface area contributed by atoms with Crippen LogP contribution in [0.1, 0.15) is 5.56 Å². The summed E-state index contributed by atoms with van der Waals surface area (Å²) in [5, 5.41) is 10.2. The Kier molecular flexibility index (Phi) is 2.21. The lowest BCUT2D eigenvalue weighted by Gasteiger charge is -1.93. The van der Waals surface area contributed by atoms with E-state index in [0.717, 1.165) is 5.56 Å².